The molecule has 3 amide bonds. The number of sulfone groups is 1. The lowest BCUT2D eigenvalue weighted by Gasteiger charge is -2.26. The third kappa shape index (κ3) is 6.88. The van der Waals surface area contributed by atoms with Crippen molar-refractivity contribution in [2.24, 2.45) is 0 Å². The van der Waals surface area contributed by atoms with Crippen LogP contribution in [0.15, 0.2) is 24.3 Å². The van der Waals surface area contributed by atoms with Crippen molar-refractivity contribution in [1.82, 2.24) is 10.2 Å². The van der Waals surface area contributed by atoms with Gasteiger partial charge in [0, 0.05) is 24.9 Å². The zero-order chi connectivity index (χ0) is 22.5. The van der Waals surface area contributed by atoms with Crippen LogP contribution in [0.25, 0.3) is 0 Å². The molecule has 31 heavy (non-hydrogen) atoms. The van der Waals surface area contributed by atoms with E-state index in [-0.39, 0.29) is 29.9 Å². The van der Waals surface area contributed by atoms with E-state index in [1.807, 2.05) is 6.07 Å². The Bertz CT molecular complexity index is 903. The number of hydrogen-bond acceptors (Lipinski definition) is 5. The molecule has 1 saturated heterocycles. The van der Waals surface area contributed by atoms with E-state index in [2.05, 4.69) is 5.32 Å². The summed E-state index contributed by atoms with van der Waals surface area (Å²) in [6, 6.07) is 6.40. The second kappa shape index (κ2) is 9.93. The maximum Gasteiger partial charge on any atom is 0.324 e. The minimum absolute atomic E-state index is 0.0366. The van der Waals surface area contributed by atoms with Crippen LogP contribution in [0.2, 0.25) is 0 Å². The number of amides is 3. The molecule has 1 N–H and O–H groups in total. The average molecular weight is 459 g/mol. The average Bonchev–Trinajstić information content (AvgIpc) is 3.48. The summed E-state index contributed by atoms with van der Waals surface area (Å²) in [6.07, 6.45) is 1.06. The van der Waals surface area contributed by atoms with Crippen LogP contribution in [-0.4, -0.2) is 62.9 Å². The Kier molecular flexibility index (Phi) is 7.51. The van der Waals surface area contributed by atoms with Crippen LogP contribution in [0.5, 0.6) is 5.75 Å². The molecular formula is C21H28F2N2O5S. The molecule has 0 unspecified atom stereocenters. The molecule has 0 spiro atoms. The predicted molar refractivity (Wildman–Crippen MR) is 111 cm³/mol. The fourth-order valence-corrected chi connectivity index (χ4v) is 5.93. The van der Waals surface area contributed by atoms with Crippen LogP contribution >= 0.6 is 0 Å². The first-order valence-electron chi connectivity index (χ1n) is 10.5. The van der Waals surface area contributed by atoms with E-state index in [1.54, 1.807) is 23.1 Å². The SMILES string of the molecule is O=C1CCN(CCCCCS(=O)(=O)CC2(c3cccc(OCC(F)F)c3)CC2)C(=O)N1. The third-order valence-electron chi connectivity index (χ3n) is 5.70. The number of alkyl halides is 2. The van der Waals surface area contributed by atoms with Gasteiger partial charge in [0.05, 0.1) is 11.5 Å². The Labute approximate surface area is 181 Å². The van der Waals surface area contributed by atoms with Gasteiger partial charge in [-0.2, -0.15) is 0 Å². The molecule has 10 heteroatoms. The highest BCUT2D eigenvalue weighted by Gasteiger charge is 2.47. The summed E-state index contributed by atoms with van der Waals surface area (Å²) in [5.74, 6) is 0.160. The lowest BCUT2D eigenvalue weighted by molar-refractivity contribution is -0.121. The smallest absolute Gasteiger partial charge is 0.324 e. The Balaban J connectivity index is 1.44. The fraction of sp³-hybridized carbons (Fsp3) is 0.619. The van der Waals surface area contributed by atoms with Crippen LogP contribution in [0.1, 0.15) is 44.1 Å². The zero-order valence-electron chi connectivity index (χ0n) is 17.3. The van der Waals surface area contributed by atoms with Crippen LogP contribution in [-0.2, 0) is 20.0 Å². The summed E-state index contributed by atoms with van der Waals surface area (Å²) >= 11 is 0. The highest BCUT2D eigenvalue weighted by molar-refractivity contribution is 7.91. The van der Waals surface area contributed by atoms with E-state index in [1.165, 1.54) is 0 Å². The minimum Gasteiger partial charge on any atom is -0.488 e. The maximum absolute atomic E-state index is 12.7. The van der Waals surface area contributed by atoms with E-state index in [9.17, 15) is 26.8 Å². The van der Waals surface area contributed by atoms with Crippen LogP contribution in [0.4, 0.5) is 13.6 Å². The van der Waals surface area contributed by atoms with E-state index in [4.69, 9.17) is 4.74 Å². The number of carbonyl (C=O) groups is 2. The summed E-state index contributed by atoms with van der Waals surface area (Å²) in [5.41, 5.74) is 0.357. The summed E-state index contributed by atoms with van der Waals surface area (Å²) in [6.45, 7) is 0.199. The topological polar surface area (TPSA) is 92.8 Å². The molecule has 0 atom stereocenters. The number of rotatable bonds is 12. The lowest BCUT2D eigenvalue weighted by atomic mass is 9.98. The number of benzene rings is 1. The summed E-state index contributed by atoms with van der Waals surface area (Å²) in [5, 5.41) is 2.27. The number of urea groups is 1. The highest BCUT2D eigenvalue weighted by atomic mass is 32.2. The van der Waals surface area contributed by atoms with Gasteiger partial charge in [-0.25, -0.2) is 22.0 Å². The molecule has 172 valence electrons. The second-order valence-corrected chi connectivity index (χ2v) is 10.4. The van der Waals surface area contributed by atoms with E-state index < -0.39 is 28.3 Å². The zero-order valence-corrected chi connectivity index (χ0v) is 18.1. The van der Waals surface area contributed by atoms with Crippen LogP contribution in [0, 0.1) is 0 Å². The molecule has 0 aromatic heterocycles. The molecule has 1 saturated carbocycles. The van der Waals surface area contributed by atoms with Crippen molar-refractivity contribution >= 4 is 21.8 Å². The van der Waals surface area contributed by atoms with E-state index in [0.717, 1.165) is 18.4 Å². The number of carbonyl (C=O) groups excluding carboxylic acids is 2. The Hall–Kier alpha value is -2.23. The molecule has 0 bridgehead atoms. The van der Waals surface area contributed by atoms with Crippen LogP contribution in [0.3, 0.4) is 0 Å². The normalized spacial score (nSPS) is 18.2. The van der Waals surface area contributed by atoms with Crippen molar-refractivity contribution in [1.29, 1.82) is 0 Å². The quantitative estimate of drug-likeness (QED) is 0.486. The molecular weight excluding hydrogens is 430 g/mol. The van der Waals surface area contributed by atoms with Gasteiger partial charge < -0.3 is 9.64 Å². The number of imide groups is 1. The lowest BCUT2D eigenvalue weighted by Crippen LogP contribution is -2.49. The molecule has 1 aliphatic heterocycles. The van der Waals surface area contributed by atoms with Gasteiger partial charge in [0.2, 0.25) is 5.91 Å². The first-order chi connectivity index (χ1) is 14.7. The van der Waals surface area contributed by atoms with Crippen LogP contribution < -0.4 is 10.1 Å². The van der Waals surface area contributed by atoms with Gasteiger partial charge in [-0.3, -0.25) is 10.1 Å². The number of halogens is 2. The van der Waals surface area contributed by atoms with Gasteiger partial charge in [0.15, 0.2) is 9.84 Å². The number of nitrogens with one attached hydrogen (secondary N) is 1. The molecule has 2 aliphatic rings. The van der Waals surface area contributed by atoms with Gasteiger partial charge in [-0.15, -0.1) is 0 Å². The minimum atomic E-state index is -3.29. The van der Waals surface area contributed by atoms with Gasteiger partial charge in [0.1, 0.15) is 12.4 Å². The third-order valence-corrected chi connectivity index (χ3v) is 7.60. The molecule has 2 fully saturated rings. The molecule has 0 radical (unpaired) electrons. The summed E-state index contributed by atoms with van der Waals surface area (Å²) < 4.78 is 55.1. The molecule has 1 aromatic rings. The Morgan fingerprint density at radius 2 is 1.94 bits per heavy atom. The first kappa shape index (κ1) is 23.4. The number of hydrogen-bond donors (Lipinski definition) is 1. The highest BCUT2D eigenvalue weighted by Crippen LogP contribution is 2.50. The summed E-state index contributed by atoms with van der Waals surface area (Å²) in [4.78, 5) is 24.4. The molecule has 3 rings (SSSR count). The van der Waals surface area contributed by atoms with Gasteiger partial charge >= 0.3 is 6.03 Å². The van der Waals surface area contributed by atoms with Crippen molar-refractivity contribution in [3.05, 3.63) is 29.8 Å². The van der Waals surface area contributed by atoms with Gasteiger partial charge in [-0.1, -0.05) is 18.6 Å². The number of nitrogens with zero attached hydrogens (tertiary/aromatic N) is 1. The number of ether oxygens (including phenoxy) is 1. The van der Waals surface area contributed by atoms with Gasteiger partial charge in [-0.05, 0) is 43.4 Å². The fourth-order valence-electron chi connectivity index (χ4n) is 3.85. The first-order valence-corrected chi connectivity index (χ1v) is 12.3. The van der Waals surface area contributed by atoms with Crippen molar-refractivity contribution in [3.63, 3.8) is 0 Å². The number of unbranched alkanes of at least 4 members (excludes halogenated alkanes) is 2. The molecule has 1 aromatic carbocycles. The monoisotopic (exact) mass is 458 g/mol. The summed E-state index contributed by atoms with van der Waals surface area (Å²) in [7, 11) is -3.29. The van der Waals surface area contributed by atoms with Crippen molar-refractivity contribution in [2.75, 3.05) is 31.2 Å². The predicted octanol–water partition coefficient (Wildman–Crippen LogP) is 2.89. The largest absolute Gasteiger partial charge is 0.488 e. The maximum atomic E-state index is 12.7. The standard InChI is InChI=1S/C21H28F2N2O5S/c22-18(23)14-30-17-6-4-5-16(13-17)21(8-9-21)15-31(28,29)12-3-1-2-10-25-11-7-19(26)24-20(25)27/h4-6,13,18H,1-3,7-12,14-15H2,(H,24,26,27). The van der Waals surface area contributed by atoms with Crippen molar-refractivity contribution < 1.29 is 31.5 Å². The molecule has 7 nitrogen and oxygen atoms in total. The Morgan fingerprint density at radius 3 is 2.61 bits per heavy atom. The van der Waals surface area contributed by atoms with Gasteiger partial charge in [0.25, 0.3) is 6.43 Å². The van der Waals surface area contributed by atoms with E-state index >= 15 is 0 Å². The molecule has 1 aliphatic carbocycles. The Morgan fingerprint density at radius 1 is 1.16 bits per heavy atom. The van der Waals surface area contributed by atoms with Crippen molar-refractivity contribution in [3.8, 4) is 5.75 Å². The van der Waals surface area contributed by atoms with Crippen molar-refractivity contribution in [2.45, 2.75) is 50.4 Å². The van der Waals surface area contributed by atoms with E-state index in [0.29, 0.717) is 38.1 Å². The second-order valence-electron chi connectivity index (χ2n) is 8.25. The molecule has 1 heterocycles.